The van der Waals surface area contributed by atoms with Crippen molar-refractivity contribution in [1.29, 1.82) is 0 Å². The molecule has 4 heteroatoms. The molecule has 0 heterocycles. The highest BCUT2D eigenvalue weighted by Gasteiger charge is 2.13. The molecule has 0 bridgehead atoms. The van der Waals surface area contributed by atoms with Crippen LogP contribution < -0.4 is 4.74 Å². The van der Waals surface area contributed by atoms with Crippen molar-refractivity contribution in [2.75, 3.05) is 27.2 Å². The fourth-order valence-electron chi connectivity index (χ4n) is 2.06. The van der Waals surface area contributed by atoms with Crippen LogP contribution in [0.25, 0.3) is 0 Å². The van der Waals surface area contributed by atoms with E-state index in [1.54, 1.807) is 0 Å². The van der Waals surface area contributed by atoms with Crippen molar-refractivity contribution >= 4 is 17.3 Å². The van der Waals surface area contributed by atoms with E-state index in [9.17, 15) is 0 Å². The largest absolute Gasteiger partial charge is 0.485 e. The van der Waals surface area contributed by atoms with Gasteiger partial charge in [-0.2, -0.15) is 0 Å². The lowest BCUT2D eigenvalue weighted by Gasteiger charge is -2.17. The molecule has 0 saturated carbocycles. The van der Waals surface area contributed by atoms with Crippen LogP contribution in [0.15, 0.2) is 54.6 Å². The Labute approximate surface area is 143 Å². The summed E-state index contributed by atoms with van der Waals surface area (Å²) in [5.41, 5.74) is 1.09. The van der Waals surface area contributed by atoms with Gasteiger partial charge in [-0.3, -0.25) is 0 Å². The summed E-state index contributed by atoms with van der Waals surface area (Å²) in [5, 5.41) is 0.615. The predicted molar refractivity (Wildman–Crippen MR) is 98.5 cm³/mol. The predicted octanol–water partition coefficient (Wildman–Crippen LogP) is 4.49. The first-order valence-corrected chi connectivity index (χ1v) is 8.11. The van der Waals surface area contributed by atoms with Crippen molar-refractivity contribution in [3.8, 4) is 11.5 Å². The Balaban J connectivity index is 1.99. The van der Waals surface area contributed by atoms with E-state index in [0.29, 0.717) is 11.7 Å². The van der Waals surface area contributed by atoms with Crippen LogP contribution in [-0.4, -0.2) is 37.2 Å². The number of ether oxygens (including phenoxy) is 2. The molecule has 0 amide bonds. The SMILES string of the molecule is C[C@H](C(=S)OCCN(C)C)c1cccc(Oc2ccccc2)c1. The fourth-order valence-corrected chi connectivity index (χ4v) is 2.28. The third-order valence-electron chi connectivity index (χ3n) is 3.47. The lowest BCUT2D eigenvalue weighted by Crippen LogP contribution is -2.21. The van der Waals surface area contributed by atoms with E-state index in [1.165, 1.54) is 0 Å². The molecule has 0 fully saturated rings. The second-order valence-corrected chi connectivity index (χ2v) is 6.08. The number of hydrogen-bond donors (Lipinski definition) is 0. The number of likely N-dealkylation sites (N-methyl/N-ethyl adjacent to an activating group) is 1. The highest BCUT2D eigenvalue weighted by Crippen LogP contribution is 2.26. The Bertz CT molecular complexity index is 628. The molecule has 2 rings (SSSR count). The van der Waals surface area contributed by atoms with Crippen molar-refractivity contribution < 1.29 is 9.47 Å². The number of hydrogen-bond acceptors (Lipinski definition) is 4. The third-order valence-corrected chi connectivity index (χ3v) is 3.94. The molecule has 1 atom stereocenters. The van der Waals surface area contributed by atoms with Crippen LogP contribution in [-0.2, 0) is 4.74 Å². The highest BCUT2D eigenvalue weighted by molar-refractivity contribution is 7.80. The van der Waals surface area contributed by atoms with Gasteiger partial charge in [-0.1, -0.05) is 37.3 Å². The monoisotopic (exact) mass is 329 g/mol. The maximum Gasteiger partial charge on any atom is 0.166 e. The van der Waals surface area contributed by atoms with Crippen LogP contribution in [0.5, 0.6) is 11.5 Å². The zero-order valence-electron chi connectivity index (χ0n) is 13.9. The minimum Gasteiger partial charge on any atom is -0.485 e. The zero-order valence-corrected chi connectivity index (χ0v) is 14.7. The van der Waals surface area contributed by atoms with E-state index in [-0.39, 0.29) is 5.92 Å². The van der Waals surface area contributed by atoms with Crippen molar-refractivity contribution in [2.24, 2.45) is 0 Å². The molecule has 0 spiro atoms. The molecule has 122 valence electrons. The first-order chi connectivity index (χ1) is 11.1. The van der Waals surface area contributed by atoms with Gasteiger partial charge in [0.2, 0.25) is 0 Å². The summed E-state index contributed by atoms with van der Waals surface area (Å²) in [6.45, 7) is 3.51. The lowest BCUT2D eigenvalue weighted by atomic mass is 10.0. The fraction of sp³-hybridized carbons (Fsp3) is 0.316. The van der Waals surface area contributed by atoms with Gasteiger partial charge in [0.05, 0.1) is 0 Å². The van der Waals surface area contributed by atoms with Crippen molar-refractivity contribution in [3.63, 3.8) is 0 Å². The normalized spacial score (nSPS) is 12.0. The molecule has 23 heavy (non-hydrogen) atoms. The smallest absolute Gasteiger partial charge is 0.166 e. The van der Waals surface area contributed by atoms with Crippen molar-refractivity contribution in [2.45, 2.75) is 12.8 Å². The first kappa shape index (κ1) is 17.4. The Morgan fingerprint density at radius 2 is 1.74 bits per heavy atom. The molecule has 0 N–H and O–H groups in total. The van der Waals surface area contributed by atoms with Gasteiger partial charge < -0.3 is 14.4 Å². The van der Waals surface area contributed by atoms with Gasteiger partial charge in [-0.05, 0) is 56.1 Å². The number of thiocarbonyl (C=S) groups is 1. The molecule has 0 radical (unpaired) electrons. The highest BCUT2D eigenvalue weighted by atomic mass is 32.1. The molecule has 0 aliphatic rings. The molecule has 0 saturated heterocycles. The summed E-state index contributed by atoms with van der Waals surface area (Å²) < 4.78 is 11.5. The topological polar surface area (TPSA) is 21.7 Å². The van der Waals surface area contributed by atoms with E-state index >= 15 is 0 Å². The minimum absolute atomic E-state index is 0.0477. The van der Waals surface area contributed by atoms with Crippen LogP contribution in [0.2, 0.25) is 0 Å². The van der Waals surface area contributed by atoms with Crippen LogP contribution >= 0.6 is 12.2 Å². The number of nitrogens with zero attached hydrogens (tertiary/aromatic N) is 1. The van der Waals surface area contributed by atoms with Gasteiger partial charge in [0, 0.05) is 12.5 Å². The number of para-hydroxylation sites is 1. The summed E-state index contributed by atoms with van der Waals surface area (Å²) in [6.07, 6.45) is 0. The van der Waals surface area contributed by atoms with E-state index in [4.69, 9.17) is 21.7 Å². The van der Waals surface area contributed by atoms with Crippen molar-refractivity contribution in [1.82, 2.24) is 4.90 Å². The van der Waals surface area contributed by atoms with Crippen molar-refractivity contribution in [3.05, 3.63) is 60.2 Å². The standard InChI is InChI=1S/C19H23NO2S/c1-15(19(23)21-13-12-20(2)3)16-8-7-11-18(14-16)22-17-9-5-4-6-10-17/h4-11,14-15H,12-13H2,1-3H3/t15-/m0/s1. The third kappa shape index (κ3) is 5.66. The van der Waals surface area contributed by atoms with Crippen LogP contribution in [0.4, 0.5) is 0 Å². The Morgan fingerprint density at radius 1 is 1.04 bits per heavy atom. The molecule has 2 aromatic carbocycles. The van der Waals surface area contributed by atoms with Gasteiger partial charge in [-0.25, -0.2) is 0 Å². The molecule has 0 unspecified atom stereocenters. The Kier molecular flexibility index (Phi) is 6.56. The molecule has 0 aliphatic heterocycles. The van der Waals surface area contributed by atoms with Gasteiger partial charge in [0.15, 0.2) is 5.05 Å². The Hall–Kier alpha value is -1.91. The van der Waals surface area contributed by atoms with E-state index in [1.807, 2.05) is 68.7 Å². The second kappa shape index (κ2) is 8.65. The molecular weight excluding hydrogens is 306 g/mol. The molecule has 2 aromatic rings. The summed E-state index contributed by atoms with van der Waals surface area (Å²) in [6, 6.07) is 17.7. The van der Waals surface area contributed by atoms with Gasteiger partial charge in [0.25, 0.3) is 0 Å². The van der Waals surface area contributed by atoms with E-state index in [2.05, 4.69) is 11.8 Å². The van der Waals surface area contributed by atoms with Crippen LogP contribution in [0.3, 0.4) is 0 Å². The average molecular weight is 329 g/mol. The minimum atomic E-state index is 0.0477. The summed E-state index contributed by atoms with van der Waals surface area (Å²) >= 11 is 5.40. The van der Waals surface area contributed by atoms with Gasteiger partial charge in [0.1, 0.15) is 18.1 Å². The molecular formula is C19H23NO2S. The van der Waals surface area contributed by atoms with Gasteiger partial charge in [-0.15, -0.1) is 0 Å². The van der Waals surface area contributed by atoms with Crippen LogP contribution in [0.1, 0.15) is 18.4 Å². The summed E-state index contributed by atoms with van der Waals surface area (Å²) in [7, 11) is 4.03. The average Bonchev–Trinajstić information content (AvgIpc) is 2.55. The summed E-state index contributed by atoms with van der Waals surface area (Å²) in [5.74, 6) is 1.67. The molecule has 0 aliphatic carbocycles. The van der Waals surface area contributed by atoms with Gasteiger partial charge >= 0.3 is 0 Å². The van der Waals surface area contributed by atoms with E-state index in [0.717, 1.165) is 23.6 Å². The number of rotatable bonds is 7. The lowest BCUT2D eigenvalue weighted by molar-refractivity contribution is 0.249. The zero-order chi connectivity index (χ0) is 16.7. The molecule has 0 aromatic heterocycles. The first-order valence-electron chi connectivity index (χ1n) is 7.70. The second-order valence-electron chi connectivity index (χ2n) is 5.68. The van der Waals surface area contributed by atoms with Crippen LogP contribution in [0, 0.1) is 0 Å². The maximum absolute atomic E-state index is 5.87. The maximum atomic E-state index is 5.87. The Morgan fingerprint density at radius 3 is 2.43 bits per heavy atom. The number of benzene rings is 2. The van der Waals surface area contributed by atoms with E-state index < -0.39 is 0 Å². The molecule has 3 nitrogen and oxygen atoms in total. The quantitative estimate of drug-likeness (QED) is 0.698. The summed E-state index contributed by atoms with van der Waals surface area (Å²) in [4.78, 5) is 2.07.